The monoisotopic (exact) mass is 283 g/mol. The summed E-state index contributed by atoms with van der Waals surface area (Å²) in [5.74, 6) is 0. The number of nitrogens with two attached hydrogens (primary N) is 1. The SMILES string of the molecule is Cc1csc(CNCc2cc3ccccc3cc2N)n1. The lowest BCUT2D eigenvalue weighted by Gasteiger charge is -2.09. The number of fused-ring (bicyclic) bond motifs is 1. The summed E-state index contributed by atoms with van der Waals surface area (Å²) < 4.78 is 0. The molecule has 4 heteroatoms. The van der Waals surface area contributed by atoms with Crippen molar-refractivity contribution in [1.82, 2.24) is 10.3 Å². The molecule has 1 aromatic heterocycles. The second-order valence-electron chi connectivity index (χ2n) is 4.88. The second-order valence-corrected chi connectivity index (χ2v) is 5.83. The van der Waals surface area contributed by atoms with Crippen LogP contribution in [0.2, 0.25) is 0 Å². The number of anilines is 1. The summed E-state index contributed by atoms with van der Waals surface area (Å²) in [6.07, 6.45) is 0. The first-order valence-electron chi connectivity index (χ1n) is 6.61. The Kier molecular flexibility index (Phi) is 3.67. The van der Waals surface area contributed by atoms with Gasteiger partial charge in [0.05, 0.1) is 0 Å². The lowest BCUT2D eigenvalue weighted by molar-refractivity contribution is 0.690. The van der Waals surface area contributed by atoms with E-state index < -0.39 is 0 Å². The van der Waals surface area contributed by atoms with E-state index in [0.29, 0.717) is 0 Å². The summed E-state index contributed by atoms with van der Waals surface area (Å²) in [5, 5.41) is 9.00. The number of hydrogen-bond acceptors (Lipinski definition) is 4. The maximum absolute atomic E-state index is 6.12. The van der Waals surface area contributed by atoms with Crippen molar-refractivity contribution in [3.05, 3.63) is 58.0 Å². The van der Waals surface area contributed by atoms with Gasteiger partial charge in [-0.25, -0.2) is 4.98 Å². The van der Waals surface area contributed by atoms with Crippen LogP contribution in [0.5, 0.6) is 0 Å². The molecule has 0 saturated heterocycles. The third-order valence-electron chi connectivity index (χ3n) is 3.27. The highest BCUT2D eigenvalue weighted by Gasteiger charge is 2.03. The Hall–Kier alpha value is -1.91. The van der Waals surface area contributed by atoms with Crippen LogP contribution in [0, 0.1) is 6.92 Å². The average molecular weight is 283 g/mol. The molecule has 0 aliphatic carbocycles. The van der Waals surface area contributed by atoms with Crippen LogP contribution in [0.25, 0.3) is 10.8 Å². The Morgan fingerprint density at radius 1 is 1.15 bits per heavy atom. The fourth-order valence-electron chi connectivity index (χ4n) is 2.25. The molecule has 0 fully saturated rings. The van der Waals surface area contributed by atoms with Crippen LogP contribution >= 0.6 is 11.3 Å². The van der Waals surface area contributed by atoms with Crippen LogP contribution in [-0.4, -0.2) is 4.98 Å². The number of benzene rings is 2. The van der Waals surface area contributed by atoms with E-state index >= 15 is 0 Å². The van der Waals surface area contributed by atoms with Gasteiger partial charge >= 0.3 is 0 Å². The largest absolute Gasteiger partial charge is 0.398 e. The molecule has 0 unspecified atom stereocenters. The van der Waals surface area contributed by atoms with Gasteiger partial charge in [-0.1, -0.05) is 24.3 Å². The van der Waals surface area contributed by atoms with Crippen LogP contribution in [0.3, 0.4) is 0 Å². The highest BCUT2D eigenvalue weighted by Crippen LogP contribution is 2.21. The van der Waals surface area contributed by atoms with E-state index in [4.69, 9.17) is 5.73 Å². The van der Waals surface area contributed by atoms with E-state index in [1.807, 2.05) is 25.1 Å². The number of nitrogens with zero attached hydrogens (tertiary/aromatic N) is 1. The van der Waals surface area contributed by atoms with Crippen molar-refractivity contribution in [1.29, 1.82) is 0 Å². The number of rotatable bonds is 4. The first kappa shape index (κ1) is 13.1. The molecule has 0 saturated carbocycles. The standard InChI is InChI=1S/C16H17N3S/c1-11-10-20-16(19-11)9-18-8-14-6-12-4-2-3-5-13(12)7-15(14)17/h2-7,10,18H,8-9,17H2,1H3. The van der Waals surface area contributed by atoms with Crippen molar-refractivity contribution in [3.8, 4) is 0 Å². The number of aromatic nitrogens is 1. The topological polar surface area (TPSA) is 50.9 Å². The van der Waals surface area contributed by atoms with E-state index in [-0.39, 0.29) is 0 Å². The van der Waals surface area contributed by atoms with Crippen molar-refractivity contribution in [2.24, 2.45) is 0 Å². The fourth-order valence-corrected chi connectivity index (χ4v) is 2.99. The second kappa shape index (κ2) is 5.61. The molecular formula is C16H17N3S. The van der Waals surface area contributed by atoms with E-state index in [0.717, 1.165) is 35.0 Å². The minimum Gasteiger partial charge on any atom is -0.398 e. The van der Waals surface area contributed by atoms with Gasteiger partial charge in [0.25, 0.3) is 0 Å². The molecule has 3 aromatic rings. The minimum absolute atomic E-state index is 0.759. The summed E-state index contributed by atoms with van der Waals surface area (Å²) in [4.78, 5) is 4.44. The highest BCUT2D eigenvalue weighted by atomic mass is 32.1. The number of thiazole rings is 1. The average Bonchev–Trinajstić information content (AvgIpc) is 2.85. The molecule has 0 spiro atoms. The first-order chi connectivity index (χ1) is 9.72. The molecule has 102 valence electrons. The molecule has 0 bridgehead atoms. The van der Waals surface area contributed by atoms with Crippen molar-refractivity contribution >= 4 is 27.8 Å². The molecule has 20 heavy (non-hydrogen) atoms. The van der Waals surface area contributed by atoms with Crippen LogP contribution in [0.15, 0.2) is 41.8 Å². The predicted molar refractivity (Wildman–Crippen MR) is 85.8 cm³/mol. The molecular weight excluding hydrogens is 266 g/mol. The Labute approximate surface area is 122 Å². The number of nitrogens with one attached hydrogen (secondary N) is 1. The van der Waals surface area contributed by atoms with Crippen LogP contribution < -0.4 is 11.1 Å². The van der Waals surface area contributed by atoms with Gasteiger partial charge in [0.2, 0.25) is 0 Å². The van der Waals surface area contributed by atoms with Crippen LogP contribution in [0.1, 0.15) is 16.3 Å². The molecule has 3 rings (SSSR count). The number of nitrogen functional groups attached to an aromatic ring is 1. The normalized spacial score (nSPS) is 11.1. The maximum Gasteiger partial charge on any atom is 0.107 e. The molecule has 0 atom stereocenters. The van der Waals surface area contributed by atoms with Gasteiger partial charge < -0.3 is 11.1 Å². The maximum atomic E-state index is 6.12. The van der Waals surface area contributed by atoms with Gasteiger partial charge in [0.1, 0.15) is 5.01 Å². The van der Waals surface area contributed by atoms with Crippen LogP contribution in [0.4, 0.5) is 5.69 Å². The molecule has 1 heterocycles. The van der Waals surface area contributed by atoms with Crippen molar-refractivity contribution < 1.29 is 0 Å². The number of aryl methyl sites for hydroxylation is 1. The van der Waals surface area contributed by atoms with Gasteiger partial charge in [-0.3, -0.25) is 0 Å². The summed E-state index contributed by atoms with van der Waals surface area (Å²) in [6.45, 7) is 3.56. The minimum atomic E-state index is 0.759. The zero-order chi connectivity index (χ0) is 13.9. The van der Waals surface area contributed by atoms with Gasteiger partial charge in [-0.05, 0) is 35.4 Å². The number of hydrogen-bond donors (Lipinski definition) is 2. The van der Waals surface area contributed by atoms with E-state index in [1.54, 1.807) is 11.3 Å². The first-order valence-corrected chi connectivity index (χ1v) is 7.49. The lowest BCUT2D eigenvalue weighted by atomic mass is 10.1. The van der Waals surface area contributed by atoms with E-state index in [9.17, 15) is 0 Å². The third kappa shape index (κ3) is 2.81. The summed E-state index contributed by atoms with van der Waals surface area (Å²) in [6, 6.07) is 12.5. The van der Waals surface area contributed by atoms with Crippen LogP contribution in [-0.2, 0) is 13.1 Å². The molecule has 3 nitrogen and oxygen atoms in total. The van der Waals surface area contributed by atoms with Crippen molar-refractivity contribution in [2.45, 2.75) is 20.0 Å². The Balaban J connectivity index is 1.72. The zero-order valence-corrected chi connectivity index (χ0v) is 12.2. The lowest BCUT2D eigenvalue weighted by Crippen LogP contribution is -2.13. The van der Waals surface area contributed by atoms with Gasteiger partial charge in [0.15, 0.2) is 0 Å². The van der Waals surface area contributed by atoms with Gasteiger partial charge in [0, 0.05) is 29.9 Å². The zero-order valence-electron chi connectivity index (χ0n) is 11.4. The van der Waals surface area contributed by atoms with E-state index in [2.05, 4.69) is 33.9 Å². The predicted octanol–water partition coefficient (Wildman–Crippen LogP) is 3.48. The smallest absolute Gasteiger partial charge is 0.107 e. The molecule has 0 aliphatic heterocycles. The van der Waals surface area contributed by atoms with Crippen molar-refractivity contribution in [3.63, 3.8) is 0 Å². The summed E-state index contributed by atoms with van der Waals surface area (Å²) in [5.41, 5.74) is 9.17. The van der Waals surface area contributed by atoms with Gasteiger partial charge in [-0.15, -0.1) is 11.3 Å². The summed E-state index contributed by atoms with van der Waals surface area (Å²) in [7, 11) is 0. The fraction of sp³-hybridized carbons (Fsp3) is 0.188. The summed E-state index contributed by atoms with van der Waals surface area (Å²) >= 11 is 1.69. The molecule has 0 amide bonds. The van der Waals surface area contributed by atoms with Crippen molar-refractivity contribution in [2.75, 3.05) is 5.73 Å². The molecule has 2 aromatic carbocycles. The third-order valence-corrected chi connectivity index (χ3v) is 4.23. The quantitative estimate of drug-likeness (QED) is 0.721. The Bertz CT molecular complexity index is 733. The highest BCUT2D eigenvalue weighted by molar-refractivity contribution is 7.09. The molecule has 0 radical (unpaired) electrons. The Morgan fingerprint density at radius 3 is 2.60 bits per heavy atom. The molecule has 3 N–H and O–H groups in total. The Morgan fingerprint density at radius 2 is 1.90 bits per heavy atom. The van der Waals surface area contributed by atoms with E-state index in [1.165, 1.54) is 10.8 Å². The van der Waals surface area contributed by atoms with Gasteiger partial charge in [-0.2, -0.15) is 0 Å². The molecule has 0 aliphatic rings.